The van der Waals surface area contributed by atoms with Gasteiger partial charge >= 0.3 is 5.97 Å². The predicted octanol–water partition coefficient (Wildman–Crippen LogP) is 1.87. The average molecular weight is 408 g/mol. The first kappa shape index (κ1) is 18.6. The minimum Gasteiger partial charge on any atom is -0.480 e. The van der Waals surface area contributed by atoms with Crippen LogP contribution in [0.5, 0.6) is 0 Å². The third kappa shape index (κ3) is 4.14. The van der Waals surface area contributed by atoms with Gasteiger partial charge in [-0.3, -0.25) is 29.4 Å². The molecule has 3 rings (SSSR count). The Bertz CT molecular complexity index is 850. The maximum Gasteiger partial charge on any atom is 0.323 e. The number of amides is 3. The highest BCUT2D eigenvalue weighted by Gasteiger charge is 2.33. The molecule has 2 aliphatic heterocycles. The van der Waals surface area contributed by atoms with Gasteiger partial charge in [-0.2, -0.15) is 0 Å². The quantitative estimate of drug-likeness (QED) is 0.562. The lowest BCUT2D eigenvalue weighted by atomic mass is 10.1. The number of nitrogens with zero attached hydrogens (tertiary/aromatic N) is 1. The van der Waals surface area contributed by atoms with Gasteiger partial charge in [0.2, 0.25) is 5.91 Å². The van der Waals surface area contributed by atoms with E-state index < -0.39 is 23.7 Å². The standard InChI is InChI=1S/C16H12N2O5S3/c19-12(20)7-18-14(22)11(26-16(18)24)6-9-3-1-8(2-4-9)5-10-13(21)17-15(23)25-10/h1-4,6,10H,5,7H2,(H,19,20)(H,17,21,23)/b11-6-. The van der Waals surface area contributed by atoms with Crippen molar-refractivity contribution >= 4 is 69.2 Å². The molecule has 0 spiro atoms. The van der Waals surface area contributed by atoms with Gasteiger partial charge in [-0.25, -0.2) is 0 Å². The third-order valence-electron chi connectivity index (χ3n) is 3.63. The summed E-state index contributed by atoms with van der Waals surface area (Å²) in [6.07, 6.45) is 2.08. The minimum atomic E-state index is -1.13. The topological polar surface area (TPSA) is 104 Å². The minimum absolute atomic E-state index is 0.217. The molecule has 1 unspecified atom stereocenters. The average Bonchev–Trinajstić information content (AvgIpc) is 3.02. The van der Waals surface area contributed by atoms with E-state index in [1.807, 2.05) is 12.1 Å². The Morgan fingerprint density at radius 3 is 2.54 bits per heavy atom. The number of carbonyl (C=O) groups excluding carboxylic acids is 3. The monoisotopic (exact) mass is 408 g/mol. The fraction of sp³-hybridized carbons (Fsp3) is 0.188. The summed E-state index contributed by atoms with van der Waals surface area (Å²) in [6, 6.07) is 7.22. The van der Waals surface area contributed by atoms with Crippen LogP contribution in [-0.2, 0) is 20.8 Å². The van der Waals surface area contributed by atoms with E-state index in [1.54, 1.807) is 18.2 Å². The third-order valence-corrected chi connectivity index (χ3v) is 5.99. The molecule has 0 saturated carbocycles. The van der Waals surface area contributed by atoms with Crippen molar-refractivity contribution in [3.63, 3.8) is 0 Å². The van der Waals surface area contributed by atoms with Crippen LogP contribution in [0.1, 0.15) is 11.1 Å². The SMILES string of the molecule is O=C(O)CN1C(=O)/C(=C/c2ccc(CC3SC(=O)NC3=O)cc2)SC1=S. The second-order valence-corrected chi connectivity index (χ2v) is 8.34. The van der Waals surface area contributed by atoms with Crippen LogP contribution in [0.3, 0.4) is 0 Å². The first-order valence-corrected chi connectivity index (χ1v) is 9.51. The Morgan fingerprint density at radius 1 is 1.27 bits per heavy atom. The number of thiocarbonyl (C=S) groups is 1. The van der Waals surface area contributed by atoms with Crippen molar-refractivity contribution < 1.29 is 24.3 Å². The van der Waals surface area contributed by atoms with E-state index in [0.717, 1.165) is 39.6 Å². The van der Waals surface area contributed by atoms with E-state index in [-0.39, 0.29) is 15.5 Å². The number of imide groups is 1. The van der Waals surface area contributed by atoms with Gasteiger partial charge < -0.3 is 5.11 Å². The lowest BCUT2D eigenvalue weighted by molar-refractivity contribution is -0.140. The fourth-order valence-electron chi connectivity index (χ4n) is 2.41. The normalized spacial score (nSPS) is 21.6. The number of hydrogen-bond acceptors (Lipinski definition) is 7. The highest BCUT2D eigenvalue weighted by molar-refractivity contribution is 8.26. The molecule has 26 heavy (non-hydrogen) atoms. The molecule has 1 atom stereocenters. The number of rotatable bonds is 5. The number of carboxylic acids is 1. The fourth-order valence-corrected chi connectivity index (χ4v) is 4.53. The Morgan fingerprint density at radius 2 is 1.96 bits per heavy atom. The lowest BCUT2D eigenvalue weighted by Crippen LogP contribution is -2.33. The maximum absolute atomic E-state index is 12.2. The molecule has 1 aromatic carbocycles. The first-order valence-electron chi connectivity index (χ1n) is 7.41. The molecule has 0 bridgehead atoms. The molecule has 2 aliphatic rings. The molecular formula is C16H12N2O5S3. The Labute approximate surface area is 162 Å². The predicted molar refractivity (Wildman–Crippen MR) is 103 cm³/mol. The maximum atomic E-state index is 12.2. The van der Waals surface area contributed by atoms with E-state index in [2.05, 4.69) is 5.32 Å². The van der Waals surface area contributed by atoms with Gasteiger partial charge in [-0.1, -0.05) is 60.0 Å². The Kier molecular flexibility index (Phi) is 5.44. The van der Waals surface area contributed by atoms with E-state index in [1.165, 1.54) is 0 Å². The van der Waals surface area contributed by atoms with E-state index in [9.17, 15) is 19.2 Å². The largest absolute Gasteiger partial charge is 0.480 e. The molecule has 0 aromatic heterocycles. The van der Waals surface area contributed by atoms with Crippen LogP contribution in [-0.4, -0.2) is 49.1 Å². The second kappa shape index (κ2) is 7.60. The number of nitrogens with one attached hydrogen (secondary N) is 1. The van der Waals surface area contributed by atoms with E-state index >= 15 is 0 Å². The Hall–Kier alpha value is -2.17. The number of aliphatic carboxylic acids is 1. The molecular weight excluding hydrogens is 396 g/mol. The van der Waals surface area contributed by atoms with Crippen LogP contribution in [0.25, 0.3) is 6.08 Å². The summed E-state index contributed by atoms with van der Waals surface area (Å²) in [7, 11) is 0. The summed E-state index contributed by atoms with van der Waals surface area (Å²) < 4.78 is 0.217. The summed E-state index contributed by atoms with van der Waals surface area (Å²) >= 11 is 7.09. The molecule has 7 nitrogen and oxygen atoms in total. The van der Waals surface area contributed by atoms with E-state index in [0.29, 0.717) is 11.3 Å². The van der Waals surface area contributed by atoms with Crippen LogP contribution in [0, 0.1) is 0 Å². The summed E-state index contributed by atoms with van der Waals surface area (Å²) in [5.41, 5.74) is 1.65. The summed E-state index contributed by atoms with van der Waals surface area (Å²) in [4.78, 5) is 47.2. The number of hydrogen-bond donors (Lipinski definition) is 2. The zero-order valence-electron chi connectivity index (χ0n) is 13.1. The molecule has 134 valence electrons. The van der Waals surface area contributed by atoms with Crippen LogP contribution in [0.15, 0.2) is 29.2 Å². The van der Waals surface area contributed by atoms with E-state index in [4.69, 9.17) is 17.3 Å². The molecule has 10 heteroatoms. The smallest absolute Gasteiger partial charge is 0.323 e. The molecule has 1 aromatic rings. The molecule has 3 amide bonds. The van der Waals surface area contributed by atoms with Gasteiger partial charge in [0.1, 0.15) is 10.9 Å². The zero-order valence-corrected chi connectivity index (χ0v) is 15.6. The number of carbonyl (C=O) groups is 4. The highest BCUT2D eigenvalue weighted by Crippen LogP contribution is 2.32. The summed E-state index contributed by atoms with van der Waals surface area (Å²) in [5, 5.41) is 10.3. The number of carboxylic acid groups (broad SMARTS) is 1. The zero-order chi connectivity index (χ0) is 18.8. The molecule has 2 N–H and O–H groups in total. The molecule has 2 saturated heterocycles. The summed E-state index contributed by atoms with van der Waals surface area (Å²) in [6.45, 7) is -0.458. The number of thioether (sulfide) groups is 2. The lowest BCUT2D eigenvalue weighted by Gasteiger charge is -2.10. The van der Waals surface area contributed by atoms with Crippen molar-refractivity contribution in [1.29, 1.82) is 0 Å². The van der Waals surface area contributed by atoms with Crippen LogP contribution in [0.2, 0.25) is 0 Å². The van der Waals surface area contributed by atoms with Crippen molar-refractivity contribution in [1.82, 2.24) is 10.2 Å². The van der Waals surface area contributed by atoms with Crippen LogP contribution >= 0.6 is 35.7 Å². The van der Waals surface area contributed by atoms with Crippen LogP contribution in [0.4, 0.5) is 4.79 Å². The van der Waals surface area contributed by atoms with Gasteiger partial charge in [0.25, 0.3) is 11.1 Å². The van der Waals surface area contributed by atoms with Gasteiger partial charge in [0, 0.05) is 0 Å². The molecule has 2 heterocycles. The Balaban J connectivity index is 1.69. The first-order chi connectivity index (χ1) is 12.3. The van der Waals surface area contributed by atoms with Crippen LogP contribution < -0.4 is 5.32 Å². The van der Waals surface area contributed by atoms with Crippen molar-refractivity contribution in [2.45, 2.75) is 11.7 Å². The van der Waals surface area contributed by atoms with Crippen molar-refractivity contribution in [2.75, 3.05) is 6.54 Å². The van der Waals surface area contributed by atoms with Crippen molar-refractivity contribution in [3.8, 4) is 0 Å². The second-order valence-electron chi connectivity index (χ2n) is 5.49. The number of benzene rings is 1. The van der Waals surface area contributed by atoms with Gasteiger partial charge in [-0.15, -0.1) is 0 Å². The molecule has 2 fully saturated rings. The van der Waals surface area contributed by atoms with Gasteiger partial charge in [0.05, 0.1) is 10.2 Å². The molecule has 0 aliphatic carbocycles. The van der Waals surface area contributed by atoms with Crippen molar-refractivity contribution in [2.24, 2.45) is 0 Å². The summed E-state index contributed by atoms with van der Waals surface area (Å²) in [5.74, 6) is -1.84. The van der Waals surface area contributed by atoms with Gasteiger partial charge in [0.15, 0.2) is 0 Å². The highest BCUT2D eigenvalue weighted by atomic mass is 32.2. The molecule has 0 radical (unpaired) electrons. The van der Waals surface area contributed by atoms with Gasteiger partial charge in [-0.05, 0) is 23.6 Å². The van der Waals surface area contributed by atoms with Crippen molar-refractivity contribution in [3.05, 3.63) is 40.3 Å².